The van der Waals surface area contributed by atoms with Crippen molar-refractivity contribution >= 4 is 26.7 Å². The van der Waals surface area contributed by atoms with Crippen molar-refractivity contribution in [2.24, 2.45) is 11.8 Å². The average molecular weight is 650 g/mol. The third-order valence-electron chi connectivity index (χ3n) is 10.2. The molecule has 0 heterocycles. The molecular weight excluding hydrogens is 595 g/mol. The van der Waals surface area contributed by atoms with Crippen molar-refractivity contribution in [1.82, 2.24) is 4.90 Å². The summed E-state index contributed by atoms with van der Waals surface area (Å²) in [6.07, 6.45) is 2.82. The summed E-state index contributed by atoms with van der Waals surface area (Å²) in [6, 6.07) is 15.5. The first-order valence-corrected chi connectivity index (χ1v) is 19.5. The van der Waals surface area contributed by atoms with Crippen LogP contribution in [0.1, 0.15) is 85.3 Å². The molecule has 1 amide bonds. The van der Waals surface area contributed by atoms with E-state index in [1.165, 1.54) is 4.90 Å². The maximum atomic E-state index is 13.6. The van der Waals surface area contributed by atoms with Crippen LogP contribution in [0.2, 0.25) is 18.1 Å². The fourth-order valence-electron chi connectivity index (χ4n) is 5.71. The van der Waals surface area contributed by atoms with Crippen LogP contribution in [0.5, 0.6) is 0 Å². The Bertz CT molecular complexity index is 1350. The summed E-state index contributed by atoms with van der Waals surface area (Å²) in [5.41, 5.74) is 5.21. The summed E-state index contributed by atoms with van der Waals surface area (Å²) >= 11 is 0. The number of benzene rings is 2. The van der Waals surface area contributed by atoms with Crippen LogP contribution < -0.4 is 0 Å². The summed E-state index contributed by atoms with van der Waals surface area (Å²) in [7, 11) is -0.618. The lowest BCUT2D eigenvalue weighted by atomic mass is 9.86. The first-order chi connectivity index (χ1) is 21.5. The largest absolute Gasteiger partial charge is 0.460 e. The number of rotatable bonds is 14. The molecule has 0 aliphatic heterocycles. The van der Waals surface area contributed by atoms with Crippen molar-refractivity contribution in [1.29, 1.82) is 0 Å². The molecule has 1 aliphatic carbocycles. The minimum absolute atomic E-state index is 0.0167. The Hall–Kier alpha value is -3.23. The van der Waals surface area contributed by atoms with Gasteiger partial charge in [-0.05, 0) is 72.1 Å². The Balaban J connectivity index is 1.74. The smallest absolute Gasteiger partial charge is 0.410 e. The van der Waals surface area contributed by atoms with Crippen LogP contribution in [0.3, 0.4) is 0 Å². The van der Waals surface area contributed by atoms with Gasteiger partial charge in [0.2, 0.25) is 0 Å². The molecule has 2 aromatic carbocycles. The fourth-order valence-corrected chi connectivity index (χ4v) is 7.13. The van der Waals surface area contributed by atoms with E-state index in [9.17, 15) is 14.4 Å². The van der Waals surface area contributed by atoms with Gasteiger partial charge in [0.25, 0.3) is 0 Å². The van der Waals surface area contributed by atoms with E-state index in [0.29, 0.717) is 12.0 Å². The quantitative estimate of drug-likeness (QED) is 0.0881. The lowest BCUT2D eigenvalue weighted by Crippen LogP contribution is -2.49. The number of nitrogens with zero attached hydrogens (tertiary/aromatic N) is 1. The fraction of sp³-hybridized carbons (Fsp3) is 0.553. The van der Waals surface area contributed by atoms with Gasteiger partial charge < -0.3 is 13.9 Å². The van der Waals surface area contributed by atoms with Gasteiger partial charge in [-0.2, -0.15) is 0 Å². The third-order valence-corrected chi connectivity index (χ3v) is 14.7. The molecule has 0 saturated heterocycles. The molecule has 0 spiro atoms. The van der Waals surface area contributed by atoms with Crippen molar-refractivity contribution in [3.63, 3.8) is 0 Å². The van der Waals surface area contributed by atoms with E-state index in [0.717, 1.165) is 35.0 Å². The molecule has 0 aromatic heterocycles. The molecule has 5 atom stereocenters. The Morgan fingerprint density at radius 1 is 0.978 bits per heavy atom. The SMILES string of the molecule is CC[C@H](C)[C@@H](OC(=O)[C@@H](C)N(C)C(=O)OCC1c2ccccc2-c2ccccc21)[C@@H](C)[C@H](C/C=C(\C)C=O)O[Si](C)(C)C(C)(C)C. The van der Waals surface area contributed by atoms with E-state index in [4.69, 9.17) is 13.9 Å². The van der Waals surface area contributed by atoms with Gasteiger partial charge in [0.05, 0.1) is 6.10 Å². The summed E-state index contributed by atoms with van der Waals surface area (Å²) in [4.78, 5) is 39.6. The van der Waals surface area contributed by atoms with Crippen LogP contribution in [0.25, 0.3) is 11.1 Å². The number of esters is 1. The van der Waals surface area contributed by atoms with Gasteiger partial charge in [-0.3, -0.25) is 9.69 Å². The summed E-state index contributed by atoms with van der Waals surface area (Å²) in [6.45, 7) is 20.8. The third kappa shape index (κ3) is 8.56. The van der Waals surface area contributed by atoms with Gasteiger partial charge in [0, 0.05) is 18.9 Å². The monoisotopic (exact) mass is 649 g/mol. The Labute approximate surface area is 277 Å². The highest BCUT2D eigenvalue weighted by atomic mass is 28.4. The lowest BCUT2D eigenvalue weighted by Gasteiger charge is -2.43. The second kappa shape index (κ2) is 15.6. The van der Waals surface area contributed by atoms with Gasteiger partial charge in [-0.1, -0.05) is 103 Å². The highest BCUT2D eigenvalue weighted by molar-refractivity contribution is 6.74. The van der Waals surface area contributed by atoms with Crippen LogP contribution in [0.15, 0.2) is 60.2 Å². The minimum atomic E-state index is -2.19. The van der Waals surface area contributed by atoms with Gasteiger partial charge >= 0.3 is 12.1 Å². The number of amides is 1. The molecule has 0 N–H and O–H groups in total. The molecule has 46 heavy (non-hydrogen) atoms. The molecule has 252 valence electrons. The van der Waals surface area contributed by atoms with E-state index in [2.05, 4.69) is 78.9 Å². The number of likely N-dealkylation sites (N-methyl/N-ethyl adjacent to an activating group) is 1. The molecular formula is C38H55NO6Si. The number of carbonyl (C=O) groups is 3. The first kappa shape index (κ1) is 37.2. The summed E-state index contributed by atoms with van der Waals surface area (Å²) in [5.74, 6) is -0.667. The van der Waals surface area contributed by atoms with Crippen LogP contribution in [0, 0.1) is 11.8 Å². The zero-order chi connectivity index (χ0) is 34.4. The highest BCUT2D eigenvalue weighted by Crippen LogP contribution is 2.44. The number of allylic oxidation sites excluding steroid dienone is 1. The molecule has 0 fully saturated rings. The van der Waals surface area contributed by atoms with E-state index in [1.807, 2.05) is 30.3 Å². The lowest BCUT2D eigenvalue weighted by molar-refractivity contribution is -0.162. The molecule has 2 aromatic rings. The van der Waals surface area contributed by atoms with E-state index >= 15 is 0 Å². The number of carbonyl (C=O) groups excluding carboxylic acids is 3. The van der Waals surface area contributed by atoms with Crippen molar-refractivity contribution in [2.75, 3.05) is 13.7 Å². The Morgan fingerprint density at radius 2 is 1.52 bits per heavy atom. The highest BCUT2D eigenvalue weighted by Gasteiger charge is 2.43. The second-order valence-corrected chi connectivity index (χ2v) is 19.2. The molecule has 3 rings (SSSR count). The topological polar surface area (TPSA) is 82.1 Å². The molecule has 8 heteroatoms. The van der Waals surface area contributed by atoms with E-state index in [1.54, 1.807) is 20.9 Å². The van der Waals surface area contributed by atoms with Crippen molar-refractivity contribution in [2.45, 2.75) is 111 Å². The maximum Gasteiger partial charge on any atom is 0.410 e. The Morgan fingerprint density at radius 3 is 2.02 bits per heavy atom. The molecule has 0 radical (unpaired) electrons. The molecule has 7 nitrogen and oxygen atoms in total. The number of fused-ring (bicyclic) bond motifs is 3. The predicted molar refractivity (Wildman–Crippen MR) is 187 cm³/mol. The predicted octanol–water partition coefficient (Wildman–Crippen LogP) is 8.78. The normalized spacial score (nSPS) is 16.8. The van der Waals surface area contributed by atoms with Gasteiger partial charge in [-0.25, -0.2) is 9.59 Å². The van der Waals surface area contributed by atoms with Crippen molar-refractivity contribution in [3.8, 4) is 11.1 Å². The van der Waals surface area contributed by atoms with Gasteiger partial charge in [0.15, 0.2) is 8.32 Å². The summed E-state index contributed by atoms with van der Waals surface area (Å²) < 4.78 is 18.9. The number of hydrogen-bond acceptors (Lipinski definition) is 6. The Kier molecular flexibility index (Phi) is 12.6. The van der Waals surface area contributed by atoms with E-state index in [-0.39, 0.29) is 35.5 Å². The standard InChI is InChI=1S/C38H55NO6Si/c1-12-26(3)35(27(4)34(22-21-25(2)23-40)45-46(10,11)38(6,7)8)44-36(41)28(5)39(9)37(42)43-24-33-31-19-15-13-17-29(31)30-18-14-16-20-32(30)33/h13-21,23,26-28,33-35H,12,22,24H2,1-11H3/b25-21+/t26-,27-,28+,34-,35+/m0/s1. The van der Waals surface area contributed by atoms with Crippen molar-refractivity contribution in [3.05, 3.63) is 71.3 Å². The van der Waals surface area contributed by atoms with E-state index < -0.39 is 32.5 Å². The zero-order valence-electron chi connectivity index (χ0n) is 29.8. The first-order valence-electron chi connectivity index (χ1n) is 16.6. The van der Waals surface area contributed by atoms with Crippen LogP contribution in [-0.4, -0.2) is 63.5 Å². The molecule has 0 bridgehead atoms. The second-order valence-electron chi connectivity index (χ2n) is 14.5. The number of ether oxygens (including phenoxy) is 2. The molecule has 0 unspecified atom stereocenters. The number of hydrogen-bond donors (Lipinski definition) is 0. The number of aldehydes is 1. The van der Waals surface area contributed by atoms with Crippen LogP contribution >= 0.6 is 0 Å². The van der Waals surface area contributed by atoms with Gasteiger partial charge in [-0.15, -0.1) is 0 Å². The minimum Gasteiger partial charge on any atom is -0.460 e. The maximum absolute atomic E-state index is 13.6. The average Bonchev–Trinajstić information content (AvgIpc) is 3.35. The van der Waals surface area contributed by atoms with Crippen molar-refractivity contribution < 1.29 is 28.3 Å². The zero-order valence-corrected chi connectivity index (χ0v) is 30.8. The van der Waals surface area contributed by atoms with Gasteiger partial charge in [0.1, 0.15) is 25.0 Å². The summed E-state index contributed by atoms with van der Waals surface area (Å²) in [5, 5.41) is -0.0167. The van der Waals surface area contributed by atoms with Crippen LogP contribution in [0.4, 0.5) is 4.79 Å². The molecule has 1 aliphatic rings. The van der Waals surface area contributed by atoms with Crippen LogP contribution in [-0.2, 0) is 23.5 Å². The molecule has 0 saturated carbocycles.